The Morgan fingerprint density at radius 3 is 1.68 bits per heavy atom. The van der Waals surface area contributed by atoms with Gasteiger partial charge in [0.15, 0.2) is 12.6 Å². The van der Waals surface area contributed by atoms with Crippen molar-refractivity contribution in [3.63, 3.8) is 0 Å². The number of fused-ring (bicyclic) bond motifs is 4. The van der Waals surface area contributed by atoms with Crippen LogP contribution in [0.1, 0.15) is 11.1 Å². The van der Waals surface area contributed by atoms with Gasteiger partial charge in [-0.25, -0.2) is 0 Å². The van der Waals surface area contributed by atoms with Crippen LogP contribution in [0.5, 0.6) is 0 Å². The van der Waals surface area contributed by atoms with E-state index < -0.39 is 12.6 Å². The minimum Gasteiger partial charge on any atom is -0.355 e. The second kappa shape index (κ2) is 5.25. The Morgan fingerprint density at radius 2 is 1.23 bits per heavy atom. The van der Waals surface area contributed by atoms with Crippen molar-refractivity contribution in [2.75, 3.05) is 19.5 Å². The lowest BCUT2D eigenvalue weighted by atomic mass is 9.95. The maximum absolute atomic E-state index is 5.93. The highest BCUT2D eigenvalue weighted by Gasteiger charge is 2.39. The Bertz CT molecular complexity index is 692. The lowest BCUT2D eigenvalue weighted by molar-refractivity contribution is -0.167. The highest BCUT2D eigenvalue weighted by molar-refractivity contribution is 6.03. The number of hydrogen-bond acceptors (Lipinski definition) is 4. The maximum Gasteiger partial charge on any atom is 0.188 e. The summed E-state index contributed by atoms with van der Waals surface area (Å²) < 4.78 is 17.0. The van der Waals surface area contributed by atoms with Crippen LogP contribution in [0.3, 0.4) is 0 Å². The fourth-order valence-corrected chi connectivity index (χ4v) is 3.19. The molecule has 0 fully saturated rings. The minimum absolute atomic E-state index is 0.436. The molecule has 0 saturated heterocycles. The smallest absolute Gasteiger partial charge is 0.188 e. The molecule has 0 radical (unpaired) electrons. The quantitative estimate of drug-likeness (QED) is 0.918. The van der Waals surface area contributed by atoms with Crippen molar-refractivity contribution in [2.24, 2.45) is 0 Å². The van der Waals surface area contributed by atoms with Gasteiger partial charge in [-0.05, 0) is 12.1 Å². The van der Waals surface area contributed by atoms with Gasteiger partial charge in [-0.15, -0.1) is 0 Å². The number of ether oxygens (including phenoxy) is 3. The van der Waals surface area contributed by atoms with E-state index >= 15 is 0 Å². The number of anilines is 2. The summed E-state index contributed by atoms with van der Waals surface area (Å²) >= 11 is 0. The Balaban J connectivity index is 2.05. The first-order valence-electron chi connectivity index (χ1n) is 7.24. The van der Waals surface area contributed by atoms with E-state index in [2.05, 4.69) is 29.6 Å². The van der Waals surface area contributed by atoms with Crippen molar-refractivity contribution >= 4 is 22.5 Å². The van der Waals surface area contributed by atoms with Crippen molar-refractivity contribution < 1.29 is 14.2 Å². The van der Waals surface area contributed by atoms with E-state index in [-0.39, 0.29) is 0 Å². The molecule has 2 aliphatic heterocycles. The summed E-state index contributed by atoms with van der Waals surface area (Å²) in [5.74, 6) is 0. The van der Waals surface area contributed by atoms with Crippen molar-refractivity contribution in [1.82, 2.24) is 0 Å². The molecule has 2 aromatic carbocycles. The van der Waals surface area contributed by atoms with Gasteiger partial charge in [-0.2, -0.15) is 0 Å². The molecule has 4 rings (SSSR count). The Morgan fingerprint density at radius 1 is 0.773 bits per heavy atom. The second-order valence-corrected chi connectivity index (χ2v) is 5.31. The molecule has 0 bridgehead atoms. The molecule has 112 valence electrons. The van der Waals surface area contributed by atoms with Gasteiger partial charge in [-0.1, -0.05) is 36.4 Å². The van der Waals surface area contributed by atoms with Crippen molar-refractivity contribution in [2.45, 2.75) is 12.6 Å². The van der Waals surface area contributed by atoms with Crippen LogP contribution in [0.2, 0.25) is 0 Å². The second-order valence-electron chi connectivity index (χ2n) is 5.31. The van der Waals surface area contributed by atoms with E-state index in [0.29, 0.717) is 0 Å². The average molecular weight is 295 g/mol. The molecule has 0 unspecified atom stereocenters. The molecule has 1 N–H and O–H groups in total. The van der Waals surface area contributed by atoms with Crippen LogP contribution in [0.4, 0.5) is 11.4 Å². The van der Waals surface area contributed by atoms with E-state index in [1.807, 2.05) is 24.3 Å². The van der Waals surface area contributed by atoms with Crippen molar-refractivity contribution in [3.8, 4) is 0 Å². The first-order valence-corrected chi connectivity index (χ1v) is 7.24. The number of hydrogen-bond donors (Lipinski definition) is 1. The third kappa shape index (κ3) is 1.89. The van der Waals surface area contributed by atoms with E-state index in [1.165, 1.54) is 0 Å². The van der Waals surface area contributed by atoms with Crippen molar-refractivity contribution in [3.05, 3.63) is 59.7 Å². The van der Waals surface area contributed by atoms with Gasteiger partial charge in [0.25, 0.3) is 0 Å². The first-order chi connectivity index (χ1) is 10.8. The minimum atomic E-state index is -0.436. The molecule has 22 heavy (non-hydrogen) atoms. The summed E-state index contributed by atoms with van der Waals surface area (Å²) in [5, 5.41) is 3.51. The van der Waals surface area contributed by atoms with E-state index in [1.54, 1.807) is 14.2 Å². The summed E-state index contributed by atoms with van der Waals surface area (Å²) in [6.45, 7) is 0. The Hall–Kier alpha value is -2.14. The number of methoxy groups -OCH3 is 2. The molecule has 0 amide bonds. The molecule has 4 heteroatoms. The van der Waals surface area contributed by atoms with Crippen LogP contribution in [0, 0.1) is 0 Å². The molecule has 2 heterocycles. The largest absolute Gasteiger partial charge is 0.355 e. The lowest BCUT2D eigenvalue weighted by Gasteiger charge is -2.18. The van der Waals surface area contributed by atoms with Gasteiger partial charge in [-0.3, -0.25) is 0 Å². The first kappa shape index (κ1) is 13.5. The molecule has 2 atom stereocenters. The standard InChI is InChI=1S/C18H17NO3/c1-20-17-15-11-7-3-5-9-13(11)19-14-10-6-4-8-12(14)16(15)18(21-2)22-17/h3-10,17-19H,1-2H3/t17-,18+. The molecule has 0 spiro atoms. The van der Waals surface area contributed by atoms with Crippen LogP contribution >= 0.6 is 0 Å². The third-order valence-electron chi connectivity index (χ3n) is 4.14. The summed E-state index contributed by atoms with van der Waals surface area (Å²) in [5.41, 5.74) is 6.31. The highest BCUT2D eigenvalue weighted by Crippen LogP contribution is 2.47. The summed E-state index contributed by atoms with van der Waals surface area (Å²) in [6.07, 6.45) is -0.872. The van der Waals surface area contributed by atoms with Crippen LogP contribution in [-0.4, -0.2) is 26.8 Å². The molecule has 4 nitrogen and oxygen atoms in total. The van der Waals surface area contributed by atoms with Gasteiger partial charge in [0, 0.05) is 47.9 Å². The lowest BCUT2D eigenvalue weighted by Crippen LogP contribution is -2.18. The van der Waals surface area contributed by atoms with E-state index in [4.69, 9.17) is 14.2 Å². The zero-order valence-corrected chi connectivity index (χ0v) is 12.5. The molecule has 2 aliphatic rings. The predicted molar refractivity (Wildman–Crippen MR) is 85.7 cm³/mol. The van der Waals surface area contributed by atoms with Crippen LogP contribution in [0.15, 0.2) is 48.5 Å². The summed E-state index contributed by atoms with van der Waals surface area (Å²) in [7, 11) is 3.31. The molecule has 0 aromatic heterocycles. The number of para-hydroxylation sites is 2. The number of benzene rings is 2. The van der Waals surface area contributed by atoms with Gasteiger partial charge >= 0.3 is 0 Å². The predicted octanol–water partition coefficient (Wildman–Crippen LogP) is 3.63. The average Bonchev–Trinajstić information content (AvgIpc) is 2.87. The number of nitrogens with one attached hydrogen (secondary N) is 1. The number of rotatable bonds is 2. The molecule has 0 saturated carbocycles. The van der Waals surface area contributed by atoms with Crippen molar-refractivity contribution in [1.29, 1.82) is 0 Å². The van der Waals surface area contributed by atoms with Gasteiger partial charge in [0.1, 0.15) is 0 Å². The normalized spacial score (nSPS) is 22.5. The molecular weight excluding hydrogens is 278 g/mol. The zero-order valence-electron chi connectivity index (χ0n) is 12.5. The topological polar surface area (TPSA) is 39.7 Å². The van der Waals surface area contributed by atoms with Gasteiger partial charge in [0.2, 0.25) is 0 Å². The van der Waals surface area contributed by atoms with Crippen LogP contribution in [-0.2, 0) is 14.2 Å². The molecule has 2 aromatic rings. The molecule has 0 aliphatic carbocycles. The Labute approximate surface area is 129 Å². The van der Waals surface area contributed by atoms with Gasteiger partial charge < -0.3 is 19.5 Å². The fraction of sp³-hybridized carbons (Fsp3) is 0.222. The van der Waals surface area contributed by atoms with E-state index in [0.717, 1.165) is 33.6 Å². The van der Waals surface area contributed by atoms with E-state index in [9.17, 15) is 0 Å². The Kier molecular flexibility index (Phi) is 3.22. The molecular formula is C18H17NO3. The van der Waals surface area contributed by atoms with Gasteiger partial charge in [0.05, 0.1) is 0 Å². The fourth-order valence-electron chi connectivity index (χ4n) is 3.19. The maximum atomic E-state index is 5.93. The highest BCUT2D eigenvalue weighted by atomic mass is 16.8. The summed E-state index contributed by atoms with van der Waals surface area (Å²) in [6, 6.07) is 16.4. The van der Waals surface area contributed by atoms with Crippen LogP contribution in [0.25, 0.3) is 11.1 Å². The third-order valence-corrected chi connectivity index (χ3v) is 4.14. The summed E-state index contributed by atoms with van der Waals surface area (Å²) in [4.78, 5) is 0. The SMILES string of the molecule is CO[C@@H]1O[C@H](OC)C2=C1c1ccccc1Nc1ccccc12. The zero-order chi connectivity index (χ0) is 15.1. The monoisotopic (exact) mass is 295 g/mol. The van der Waals surface area contributed by atoms with Crippen LogP contribution < -0.4 is 5.32 Å².